The Labute approximate surface area is 87.6 Å². The molecule has 0 spiro atoms. The van der Waals surface area contributed by atoms with E-state index in [0.29, 0.717) is 17.6 Å². The van der Waals surface area contributed by atoms with Crippen LogP contribution in [0.2, 0.25) is 0 Å². The first-order chi connectivity index (χ1) is 7.31. The lowest BCUT2D eigenvalue weighted by molar-refractivity contribution is -0.141. The average molecular weight is 199 g/mol. The highest BCUT2D eigenvalue weighted by atomic mass is 16.5. The lowest BCUT2D eigenvalue weighted by Crippen LogP contribution is -2.08. The maximum atomic E-state index is 11.3. The summed E-state index contributed by atoms with van der Waals surface area (Å²) in [7, 11) is 0. The zero-order valence-electron chi connectivity index (χ0n) is 8.01. The molecule has 1 unspecified atom stereocenters. The normalized spacial score (nSPS) is 14.7. The summed E-state index contributed by atoms with van der Waals surface area (Å²) in [4.78, 5) is 11.3. The number of hydrogen-bond acceptors (Lipinski definition) is 3. The summed E-state index contributed by atoms with van der Waals surface area (Å²) < 4.78 is 5.04. The van der Waals surface area contributed by atoms with Gasteiger partial charge in [0.25, 0.3) is 0 Å². The van der Waals surface area contributed by atoms with Gasteiger partial charge in [0.1, 0.15) is 6.07 Å². The first-order valence-electron chi connectivity index (χ1n) is 4.66. The Morgan fingerprint density at radius 3 is 2.60 bits per heavy atom. The lowest BCUT2D eigenvalue weighted by Gasteiger charge is -2.09. The van der Waals surface area contributed by atoms with Gasteiger partial charge in [0.05, 0.1) is 0 Å². The fourth-order valence-corrected chi connectivity index (χ4v) is 1.20. The predicted molar refractivity (Wildman–Crippen MR) is 53.6 cm³/mol. The van der Waals surface area contributed by atoms with E-state index in [1.54, 1.807) is 18.2 Å². The highest BCUT2D eigenvalue weighted by molar-refractivity contribution is 5.93. The van der Waals surface area contributed by atoms with Crippen molar-refractivity contribution in [3.8, 4) is 6.07 Å². The van der Waals surface area contributed by atoms with Crippen LogP contribution in [0.5, 0.6) is 0 Å². The first kappa shape index (κ1) is 9.47. The maximum absolute atomic E-state index is 11.3. The van der Waals surface area contributed by atoms with Gasteiger partial charge in [0.2, 0.25) is 6.10 Å². The SMILES string of the molecule is N#CC(OC(=O)C1=CC1)c1ccccc1. The minimum atomic E-state index is -0.805. The molecule has 0 N–H and O–H groups in total. The van der Waals surface area contributed by atoms with E-state index in [1.165, 1.54) is 0 Å². The first-order valence-corrected chi connectivity index (χ1v) is 4.66. The molecule has 1 atom stereocenters. The monoisotopic (exact) mass is 199 g/mol. The van der Waals surface area contributed by atoms with Crippen molar-refractivity contribution in [2.75, 3.05) is 0 Å². The van der Waals surface area contributed by atoms with Crippen LogP contribution in [-0.4, -0.2) is 5.97 Å². The zero-order valence-corrected chi connectivity index (χ0v) is 8.01. The predicted octanol–water partition coefficient (Wildman–Crippen LogP) is 2.12. The quantitative estimate of drug-likeness (QED) is 0.700. The van der Waals surface area contributed by atoms with Crippen molar-refractivity contribution < 1.29 is 9.53 Å². The number of carbonyl (C=O) groups is 1. The highest BCUT2D eigenvalue weighted by Crippen LogP contribution is 2.24. The van der Waals surface area contributed by atoms with Gasteiger partial charge in [-0.15, -0.1) is 0 Å². The molecular weight excluding hydrogens is 190 g/mol. The molecular formula is C12H9NO2. The van der Waals surface area contributed by atoms with Crippen molar-refractivity contribution in [3.05, 3.63) is 47.5 Å². The van der Waals surface area contributed by atoms with E-state index in [9.17, 15) is 4.79 Å². The summed E-state index contributed by atoms with van der Waals surface area (Å²) in [5.41, 5.74) is 1.36. The van der Waals surface area contributed by atoms with Gasteiger partial charge in [-0.2, -0.15) is 5.26 Å². The van der Waals surface area contributed by atoms with Crippen LogP contribution in [0, 0.1) is 11.3 Å². The van der Waals surface area contributed by atoms with Crippen LogP contribution >= 0.6 is 0 Å². The van der Waals surface area contributed by atoms with Crippen LogP contribution < -0.4 is 0 Å². The van der Waals surface area contributed by atoms with E-state index >= 15 is 0 Å². The summed E-state index contributed by atoms with van der Waals surface area (Å²) in [5, 5.41) is 8.88. The summed E-state index contributed by atoms with van der Waals surface area (Å²) in [6.45, 7) is 0. The molecule has 0 saturated heterocycles. The van der Waals surface area contributed by atoms with E-state index < -0.39 is 6.10 Å². The molecule has 3 heteroatoms. The molecule has 0 radical (unpaired) electrons. The molecule has 0 aliphatic heterocycles. The summed E-state index contributed by atoms with van der Waals surface area (Å²) >= 11 is 0. The fourth-order valence-electron chi connectivity index (χ4n) is 1.20. The molecule has 1 aliphatic carbocycles. The molecule has 0 fully saturated rings. The van der Waals surface area contributed by atoms with E-state index in [1.807, 2.05) is 24.3 Å². The number of nitrogens with zero attached hydrogens (tertiary/aromatic N) is 1. The molecule has 0 bridgehead atoms. The average Bonchev–Trinajstić information content (AvgIpc) is 3.10. The molecule has 0 amide bonds. The van der Waals surface area contributed by atoms with Gasteiger partial charge in [0.15, 0.2) is 0 Å². The summed E-state index contributed by atoms with van der Waals surface area (Å²) in [6, 6.07) is 11.0. The maximum Gasteiger partial charge on any atom is 0.335 e. The second-order valence-corrected chi connectivity index (χ2v) is 3.26. The number of benzene rings is 1. The minimum absolute atomic E-state index is 0.384. The van der Waals surface area contributed by atoms with Gasteiger partial charge >= 0.3 is 5.97 Å². The van der Waals surface area contributed by atoms with Crippen LogP contribution in [0.1, 0.15) is 18.1 Å². The van der Waals surface area contributed by atoms with E-state index in [4.69, 9.17) is 10.00 Å². The van der Waals surface area contributed by atoms with Crippen LogP contribution in [0.25, 0.3) is 0 Å². The van der Waals surface area contributed by atoms with Gasteiger partial charge < -0.3 is 4.74 Å². The smallest absolute Gasteiger partial charge is 0.335 e. The molecule has 0 saturated carbocycles. The Kier molecular flexibility index (Phi) is 2.51. The van der Waals surface area contributed by atoms with Crippen molar-refractivity contribution in [1.29, 1.82) is 5.26 Å². The van der Waals surface area contributed by atoms with E-state index in [0.717, 1.165) is 0 Å². The number of allylic oxidation sites excluding steroid dienone is 1. The topological polar surface area (TPSA) is 50.1 Å². The zero-order chi connectivity index (χ0) is 10.7. The van der Waals surface area contributed by atoms with Gasteiger partial charge in [-0.05, 0) is 6.42 Å². The number of carbonyl (C=O) groups excluding carboxylic acids is 1. The molecule has 0 aromatic heterocycles. The standard InChI is InChI=1S/C12H9NO2/c13-8-11(9-4-2-1-3-5-9)15-12(14)10-6-7-10/h1-6,11H,7H2. The molecule has 0 heterocycles. The fraction of sp³-hybridized carbons (Fsp3) is 0.167. The Bertz CT molecular complexity index is 442. The van der Waals surface area contributed by atoms with Crippen molar-refractivity contribution in [2.24, 2.45) is 0 Å². The molecule has 3 nitrogen and oxygen atoms in total. The molecule has 1 aromatic carbocycles. The van der Waals surface area contributed by atoms with E-state index in [2.05, 4.69) is 0 Å². The van der Waals surface area contributed by atoms with Crippen molar-refractivity contribution >= 4 is 5.97 Å². The van der Waals surface area contributed by atoms with Gasteiger partial charge in [0, 0.05) is 11.1 Å². The second-order valence-electron chi connectivity index (χ2n) is 3.26. The molecule has 1 aliphatic rings. The highest BCUT2D eigenvalue weighted by Gasteiger charge is 2.23. The van der Waals surface area contributed by atoms with E-state index in [-0.39, 0.29) is 5.97 Å². The third kappa shape index (κ3) is 2.23. The largest absolute Gasteiger partial charge is 0.439 e. The molecule has 15 heavy (non-hydrogen) atoms. The Morgan fingerprint density at radius 2 is 2.07 bits per heavy atom. The van der Waals surface area contributed by atoms with Crippen molar-refractivity contribution in [1.82, 2.24) is 0 Å². The number of ether oxygens (including phenoxy) is 1. The van der Waals surface area contributed by atoms with Crippen LogP contribution in [0.15, 0.2) is 42.0 Å². The third-order valence-electron chi connectivity index (χ3n) is 2.11. The summed E-state index contributed by atoms with van der Waals surface area (Å²) in [5.74, 6) is -0.384. The van der Waals surface area contributed by atoms with Gasteiger partial charge in [-0.3, -0.25) is 0 Å². The van der Waals surface area contributed by atoms with Crippen molar-refractivity contribution in [3.63, 3.8) is 0 Å². The molecule has 74 valence electrons. The van der Waals surface area contributed by atoms with Crippen molar-refractivity contribution in [2.45, 2.75) is 12.5 Å². The lowest BCUT2D eigenvalue weighted by atomic mass is 10.1. The second kappa shape index (κ2) is 3.97. The number of rotatable bonds is 3. The number of hydrogen-bond donors (Lipinski definition) is 0. The Hall–Kier alpha value is -2.08. The Morgan fingerprint density at radius 1 is 1.40 bits per heavy atom. The van der Waals surface area contributed by atoms with Crippen LogP contribution in [0.3, 0.4) is 0 Å². The van der Waals surface area contributed by atoms with Gasteiger partial charge in [-0.1, -0.05) is 36.4 Å². The molecule has 1 aromatic rings. The van der Waals surface area contributed by atoms with Crippen LogP contribution in [0.4, 0.5) is 0 Å². The minimum Gasteiger partial charge on any atom is -0.439 e. The van der Waals surface area contributed by atoms with Gasteiger partial charge in [-0.25, -0.2) is 4.79 Å². The third-order valence-corrected chi connectivity index (χ3v) is 2.11. The number of esters is 1. The molecule has 2 rings (SSSR count). The summed E-state index contributed by atoms with van der Waals surface area (Å²) in [6.07, 6.45) is 1.66. The van der Waals surface area contributed by atoms with Crippen LogP contribution in [-0.2, 0) is 9.53 Å². The number of nitriles is 1. The Balaban J connectivity index is 2.08.